The molecule has 4 heteroatoms. The van der Waals surface area contributed by atoms with Gasteiger partial charge < -0.3 is 14.8 Å². The van der Waals surface area contributed by atoms with Gasteiger partial charge in [0.15, 0.2) is 11.5 Å². The molecule has 0 bridgehead atoms. The Balaban J connectivity index is 1.72. The molecule has 0 unspecified atom stereocenters. The van der Waals surface area contributed by atoms with Crippen LogP contribution in [0.2, 0.25) is 0 Å². The van der Waals surface area contributed by atoms with Gasteiger partial charge in [0.1, 0.15) is 0 Å². The summed E-state index contributed by atoms with van der Waals surface area (Å²) in [5.41, 5.74) is 2.22. The van der Waals surface area contributed by atoms with E-state index < -0.39 is 0 Å². The van der Waals surface area contributed by atoms with Crippen LogP contribution in [-0.2, 0) is 11.2 Å². The zero-order chi connectivity index (χ0) is 17.9. The number of amides is 1. The predicted molar refractivity (Wildman–Crippen MR) is 101 cm³/mol. The second-order valence-corrected chi connectivity index (χ2v) is 5.68. The van der Waals surface area contributed by atoms with Crippen molar-refractivity contribution in [2.75, 3.05) is 20.8 Å². The fraction of sp³-hybridized carbons (Fsp3) is 0.286. The van der Waals surface area contributed by atoms with Crippen LogP contribution in [0.5, 0.6) is 11.5 Å². The number of hydrogen-bond donors (Lipinski definition) is 1. The van der Waals surface area contributed by atoms with Crippen molar-refractivity contribution < 1.29 is 14.3 Å². The van der Waals surface area contributed by atoms with Crippen LogP contribution in [-0.4, -0.2) is 26.7 Å². The molecular formula is C21H25NO3. The summed E-state index contributed by atoms with van der Waals surface area (Å²) in [5.74, 6) is 1.22. The average Bonchev–Trinajstić information content (AvgIpc) is 2.66. The normalized spacial score (nSPS) is 10.6. The zero-order valence-corrected chi connectivity index (χ0v) is 14.8. The van der Waals surface area contributed by atoms with Crippen molar-refractivity contribution in [3.63, 3.8) is 0 Å². The van der Waals surface area contributed by atoms with Gasteiger partial charge in [0.05, 0.1) is 14.2 Å². The minimum atomic E-state index is -0.0884. The van der Waals surface area contributed by atoms with Gasteiger partial charge in [0.2, 0.25) is 5.91 Å². The molecule has 0 aromatic heterocycles. The first-order chi connectivity index (χ1) is 12.2. The van der Waals surface area contributed by atoms with Crippen molar-refractivity contribution in [1.82, 2.24) is 5.32 Å². The summed E-state index contributed by atoms with van der Waals surface area (Å²) in [4.78, 5) is 11.9. The zero-order valence-electron chi connectivity index (χ0n) is 14.8. The van der Waals surface area contributed by atoms with Gasteiger partial charge in [-0.3, -0.25) is 4.79 Å². The molecule has 0 aliphatic carbocycles. The molecule has 4 nitrogen and oxygen atoms in total. The Bertz CT molecular complexity index is 696. The van der Waals surface area contributed by atoms with Crippen LogP contribution in [0, 0.1) is 0 Å². The SMILES string of the molecule is COc1ccc(/C=C/C(=O)NCCCCc2ccccc2)cc1OC. The molecule has 2 rings (SSSR count). The van der Waals surface area contributed by atoms with Gasteiger partial charge in [0, 0.05) is 12.6 Å². The number of ether oxygens (including phenoxy) is 2. The molecule has 1 N–H and O–H groups in total. The Morgan fingerprint density at radius 3 is 2.48 bits per heavy atom. The Kier molecular flexibility index (Phi) is 7.57. The molecule has 2 aromatic carbocycles. The number of unbranched alkanes of at least 4 members (excludes halogenated alkanes) is 1. The van der Waals surface area contributed by atoms with Crippen LogP contribution in [0.25, 0.3) is 6.08 Å². The second kappa shape index (κ2) is 10.2. The lowest BCUT2D eigenvalue weighted by atomic mass is 10.1. The van der Waals surface area contributed by atoms with Crippen molar-refractivity contribution in [2.45, 2.75) is 19.3 Å². The molecule has 1 amide bonds. The summed E-state index contributed by atoms with van der Waals surface area (Å²) >= 11 is 0. The lowest BCUT2D eigenvalue weighted by Crippen LogP contribution is -2.22. The molecular weight excluding hydrogens is 314 g/mol. The smallest absolute Gasteiger partial charge is 0.243 e. The third-order valence-corrected chi connectivity index (χ3v) is 3.87. The van der Waals surface area contributed by atoms with E-state index >= 15 is 0 Å². The van der Waals surface area contributed by atoms with Gasteiger partial charge in [-0.15, -0.1) is 0 Å². The fourth-order valence-corrected chi connectivity index (χ4v) is 2.50. The number of methoxy groups -OCH3 is 2. The van der Waals surface area contributed by atoms with Gasteiger partial charge in [-0.25, -0.2) is 0 Å². The van der Waals surface area contributed by atoms with Gasteiger partial charge >= 0.3 is 0 Å². The third-order valence-electron chi connectivity index (χ3n) is 3.87. The van der Waals surface area contributed by atoms with E-state index in [-0.39, 0.29) is 5.91 Å². The highest BCUT2D eigenvalue weighted by Gasteiger charge is 2.03. The number of hydrogen-bond acceptors (Lipinski definition) is 3. The summed E-state index contributed by atoms with van der Waals surface area (Å²) in [7, 11) is 3.19. The summed E-state index contributed by atoms with van der Waals surface area (Å²) in [6, 6.07) is 15.9. The van der Waals surface area contributed by atoms with Crippen molar-refractivity contribution in [1.29, 1.82) is 0 Å². The molecule has 0 aliphatic rings. The maximum absolute atomic E-state index is 11.9. The number of rotatable bonds is 9. The summed E-state index contributed by atoms with van der Waals surface area (Å²) in [6.45, 7) is 0.682. The summed E-state index contributed by atoms with van der Waals surface area (Å²) in [5, 5.41) is 2.91. The number of nitrogens with one attached hydrogen (secondary N) is 1. The molecule has 0 spiro atoms. The third kappa shape index (κ3) is 6.34. The molecule has 0 atom stereocenters. The summed E-state index contributed by atoms with van der Waals surface area (Å²) in [6.07, 6.45) is 6.37. The predicted octanol–water partition coefficient (Wildman–Crippen LogP) is 3.86. The maximum atomic E-state index is 11.9. The average molecular weight is 339 g/mol. The van der Waals surface area contributed by atoms with Crippen LogP contribution in [0.15, 0.2) is 54.6 Å². The molecule has 132 valence electrons. The van der Waals surface area contributed by atoms with Gasteiger partial charge in [-0.05, 0) is 48.6 Å². The molecule has 0 saturated heterocycles. The topological polar surface area (TPSA) is 47.6 Å². The van der Waals surface area contributed by atoms with Crippen molar-refractivity contribution in [3.8, 4) is 11.5 Å². The molecule has 0 aliphatic heterocycles. The Hall–Kier alpha value is -2.75. The minimum Gasteiger partial charge on any atom is -0.493 e. The van der Waals surface area contributed by atoms with Crippen LogP contribution in [0.1, 0.15) is 24.0 Å². The van der Waals surface area contributed by atoms with Crippen molar-refractivity contribution in [2.24, 2.45) is 0 Å². The Labute approximate surface area is 149 Å². The van der Waals surface area contributed by atoms with E-state index in [1.54, 1.807) is 26.4 Å². The molecule has 0 radical (unpaired) electrons. The minimum absolute atomic E-state index is 0.0884. The first-order valence-corrected chi connectivity index (χ1v) is 8.45. The van der Waals surface area contributed by atoms with Crippen molar-refractivity contribution >= 4 is 12.0 Å². The van der Waals surface area contributed by atoms with E-state index in [0.717, 1.165) is 24.8 Å². The molecule has 2 aromatic rings. The van der Waals surface area contributed by atoms with E-state index in [9.17, 15) is 4.79 Å². The van der Waals surface area contributed by atoms with E-state index in [1.807, 2.05) is 24.3 Å². The largest absolute Gasteiger partial charge is 0.493 e. The van der Waals surface area contributed by atoms with Gasteiger partial charge in [-0.2, -0.15) is 0 Å². The number of carbonyl (C=O) groups excluding carboxylic acids is 1. The maximum Gasteiger partial charge on any atom is 0.243 e. The summed E-state index contributed by atoms with van der Waals surface area (Å²) < 4.78 is 10.4. The van der Waals surface area contributed by atoms with E-state index in [4.69, 9.17) is 9.47 Å². The Morgan fingerprint density at radius 1 is 1.00 bits per heavy atom. The Morgan fingerprint density at radius 2 is 1.76 bits per heavy atom. The standard InChI is InChI=1S/C21H25NO3/c1-24-19-13-11-18(16-20(19)25-2)12-14-21(23)22-15-7-6-10-17-8-4-3-5-9-17/h3-5,8-9,11-14,16H,6-7,10,15H2,1-2H3,(H,22,23)/b14-12+. The van der Waals surface area contributed by atoms with Gasteiger partial charge in [0.25, 0.3) is 0 Å². The highest BCUT2D eigenvalue weighted by atomic mass is 16.5. The first kappa shape index (κ1) is 18.6. The van der Waals surface area contributed by atoms with Crippen LogP contribution >= 0.6 is 0 Å². The quantitative estimate of drug-likeness (QED) is 0.557. The van der Waals surface area contributed by atoms with E-state index in [1.165, 1.54) is 5.56 Å². The van der Waals surface area contributed by atoms with Crippen LogP contribution in [0.3, 0.4) is 0 Å². The highest BCUT2D eigenvalue weighted by Crippen LogP contribution is 2.27. The fourth-order valence-electron chi connectivity index (χ4n) is 2.50. The number of benzene rings is 2. The van der Waals surface area contributed by atoms with Crippen LogP contribution in [0.4, 0.5) is 0 Å². The highest BCUT2D eigenvalue weighted by molar-refractivity contribution is 5.91. The number of aryl methyl sites for hydroxylation is 1. The lowest BCUT2D eigenvalue weighted by Gasteiger charge is -2.07. The number of carbonyl (C=O) groups is 1. The first-order valence-electron chi connectivity index (χ1n) is 8.45. The van der Waals surface area contributed by atoms with Crippen LogP contribution < -0.4 is 14.8 Å². The van der Waals surface area contributed by atoms with E-state index in [2.05, 4.69) is 29.6 Å². The van der Waals surface area contributed by atoms with Crippen molar-refractivity contribution in [3.05, 3.63) is 65.7 Å². The monoisotopic (exact) mass is 339 g/mol. The molecule has 25 heavy (non-hydrogen) atoms. The molecule has 0 saturated carbocycles. The molecule has 0 heterocycles. The van der Waals surface area contributed by atoms with Gasteiger partial charge in [-0.1, -0.05) is 36.4 Å². The van der Waals surface area contributed by atoms with E-state index in [0.29, 0.717) is 18.0 Å². The lowest BCUT2D eigenvalue weighted by molar-refractivity contribution is -0.116. The molecule has 0 fully saturated rings. The second-order valence-electron chi connectivity index (χ2n) is 5.68.